The first-order valence-corrected chi connectivity index (χ1v) is 9.08. The molecule has 0 fully saturated rings. The van der Waals surface area contributed by atoms with Gasteiger partial charge in [0, 0.05) is 7.11 Å². The fraction of sp³-hybridized carbons (Fsp3) is 1.00. The fourth-order valence-electron chi connectivity index (χ4n) is 2.17. The monoisotopic (exact) mass is 318 g/mol. The Balaban J connectivity index is 0. The van der Waals surface area contributed by atoms with Crippen molar-refractivity contribution in [3.05, 3.63) is 0 Å². The molecule has 0 radical (unpaired) electrons. The summed E-state index contributed by atoms with van der Waals surface area (Å²) in [4.78, 5) is 0. The molecule has 0 aromatic carbocycles. The van der Waals surface area contributed by atoms with Gasteiger partial charge >= 0.3 is 29.6 Å². The molecule has 0 aromatic rings. The maximum absolute atomic E-state index is 10.7. The van der Waals surface area contributed by atoms with Crippen molar-refractivity contribution in [2.75, 3.05) is 12.9 Å². The third-order valence-electron chi connectivity index (χ3n) is 3.41. The number of unbranched alkanes of at least 4 members (excludes halogenated alkanes) is 7. The predicted molar refractivity (Wildman–Crippen MR) is 86.2 cm³/mol. The van der Waals surface area contributed by atoms with Crippen molar-refractivity contribution in [2.24, 2.45) is 0 Å². The van der Waals surface area contributed by atoms with Gasteiger partial charge in [0.2, 0.25) is 0 Å². The van der Waals surface area contributed by atoms with Crippen molar-refractivity contribution in [1.29, 1.82) is 0 Å². The molecule has 0 saturated carbocycles. The van der Waals surface area contributed by atoms with Gasteiger partial charge in [-0.2, -0.15) is 8.42 Å². The summed E-state index contributed by atoms with van der Waals surface area (Å²) in [6.07, 6.45) is 11.3. The summed E-state index contributed by atoms with van der Waals surface area (Å²) in [6, 6.07) is 0. The van der Waals surface area contributed by atoms with Crippen LogP contribution in [-0.2, 0) is 14.9 Å². The van der Waals surface area contributed by atoms with Gasteiger partial charge in [-0.3, -0.25) is 4.55 Å². The molecule has 0 aromatic heterocycles. The van der Waals surface area contributed by atoms with E-state index in [9.17, 15) is 8.42 Å². The van der Waals surface area contributed by atoms with Crippen molar-refractivity contribution in [3.8, 4) is 0 Å². The summed E-state index contributed by atoms with van der Waals surface area (Å²) in [6.45, 7) is 2.22. The molecule has 1 unspecified atom stereocenters. The Morgan fingerprint density at radius 3 is 1.90 bits per heavy atom. The Labute approximate surface area is 147 Å². The average Bonchev–Trinajstić information content (AvgIpc) is 2.35. The van der Waals surface area contributed by atoms with Gasteiger partial charge in [0.05, 0.1) is 11.9 Å². The molecule has 4 nitrogen and oxygen atoms in total. The predicted octanol–water partition coefficient (Wildman–Crippen LogP) is 3.16. The van der Waals surface area contributed by atoms with Crippen molar-refractivity contribution < 1.29 is 17.7 Å². The second kappa shape index (κ2) is 14.8. The van der Waals surface area contributed by atoms with Gasteiger partial charge in [0.1, 0.15) is 0 Å². The minimum absolute atomic E-state index is 0. The Bertz CT molecular complexity index is 294. The van der Waals surface area contributed by atoms with E-state index in [0.717, 1.165) is 12.8 Å². The molecular weight excluding hydrogens is 287 g/mol. The van der Waals surface area contributed by atoms with Crippen molar-refractivity contribution in [2.45, 2.75) is 77.2 Å². The summed E-state index contributed by atoms with van der Waals surface area (Å²) >= 11 is 0. The van der Waals surface area contributed by atoms with Gasteiger partial charge in [-0.25, -0.2) is 0 Å². The first kappa shape index (κ1) is 23.1. The van der Waals surface area contributed by atoms with Crippen LogP contribution in [-0.4, -0.2) is 61.5 Å². The molecule has 0 aliphatic heterocycles. The molecule has 6 heteroatoms. The van der Waals surface area contributed by atoms with Crippen LogP contribution < -0.4 is 0 Å². The SMILES string of the molecule is CCCCCCCCCCC(CCS(=O)(=O)O)OC.[NaH]. The molecule has 1 N–H and O–H groups in total. The van der Waals surface area contributed by atoms with E-state index < -0.39 is 10.1 Å². The van der Waals surface area contributed by atoms with Gasteiger partial charge in [-0.05, 0) is 12.8 Å². The normalized spacial score (nSPS) is 12.9. The Morgan fingerprint density at radius 1 is 0.950 bits per heavy atom. The molecule has 1 atom stereocenters. The standard InChI is InChI=1S/C14H30O4S.Na.H/c1-3-4-5-6-7-8-9-10-11-14(18-2)12-13-19(15,16)17;;/h14H,3-13H2,1-2H3,(H,15,16,17);;. The van der Waals surface area contributed by atoms with Gasteiger partial charge < -0.3 is 4.74 Å². The van der Waals surface area contributed by atoms with Gasteiger partial charge in [-0.15, -0.1) is 0 Å². The van der Waals surface area contributed by atoms with Crippen LogP contribution in [0.4, 0.5) is 0 Å². The molecule has 0 spiro atoms. The van der Waals surface area contributed by atoms with Crippen LogP contribution in [0.1, 0.15) is 71.1 Å². The molecule has 0 heterocycles. The van der Waals surface area contributed by atoms with E-state index in [2.05, 4.69) is 6.92 Å². The summed E-state index contributed by atoms with van der Waals surface area (Å²) in [7, 11) is -2.26. The van der Waals surface area contributed by atoms with Crippen LogP contribution >= 0.6 is 0 Å². The number of rotatable bonds is 13. The maximum atomic E-state index is 10.7. The molecule has 0 bridgehead atoms. The number of methoxy groups -OCH3 is 1. The summed E-state index contributed by atoms with van der Waals surface area (Å²) in [5.41, 5.74) is 0. The molecule has 0 aliphatic carbocycles. The van der Waals surface area contributed by atoms with Crippen LogP contribution in [0.2, 0.25) is 0 Å². The molecule has 0 aliphatic rings. The van der Waals surface area contributed by atoms with Crippen LogP contribution in [0.3, 0.4) is 0 Å². The van der Waals surface area contributed by atoms with Gasteiger partial charge in [0.25, 0.3) is 10.1 Å². The van der Waals surface area contributed by atoms with E-state index in [1.807, 2.05) is 0 Å². The van der Waals surface area contributed by atoms with Crippen molar-refractivity contribution in [3.63, 3.8) is 0 Å². The molecule has 0 rings (SSSR count). The third kappa shape index (κ3) is 16.9. The van der Waals surface area contributed by atoms with Crippen LogP contribution in [0, 0.1) is 0 Å². The average molecular weight is 318 g/mol. The fourth-order valence-corrected chi connectivity index (χ4v) is 2.73. The zero-order valence-electron chi connectivity index (χ0n) is 12.4. The topological polar surface area (TPSA) is 63.6 Å². The third-order valence-corrected chi connectivity index (χ3v) is 4.16. The van der Waals surface area contributed by atoms with Crippen LogP contribution in [0.5, 0.6) is 0 Å². The van der Waals surface area contributed by atoms with E-state index >= 15 is 0 Å². The molecule has 0 saturated heterocycles. The molecule has 0 amide bonds. The Morgan fingerprint density at radius 2 is 1.45 bits per heavy atom. The van der Waals surface area contributed by atoms with Crippen LogP contribution in [0.25, 0.3) is 0 Å². The zero-order chi connectivity index (χ0) is 14.6. The van der Waals surface area contributed by atoms with E-state index in [0.29, 0.717) is 6.42 Å². The number of hydrogen-bond acceptors (Lipinski definition) is 3. The Kier molecular flexibility index (Phi) is 17.1. The van der Waals surface area contributed by atoms with E-state index in [-0.39, 0.29) is 41.4 Å². The van der Waals surface area contributed by atoms with E-state index in [4.69, 9.17) is 9.29 Å². The van der Waals surface area contributed by atoms with E-state index in [1.165, 1.54) is 44.9 Å². The first-order chi connectivity index (χ1) is 8.99. The summed E-state index contributed by atoms with van der Waals surface area (Å²) in [5, 5.41) is 0. The number of ether oxygens (including phenoxy) is 1. The van der Waals surface area contributed by atoms with Gasteiger partial charge in [-0.1, -0.05) is 58.3 Å². The van der Waals surface area contributed by atoms with E-state index in [1.54, 1.807) is 7.11 Å². The summed E-state index contributed by atoms with van der Waals surface area (Å²) in [5.74, 6) is -0.206. The minimum atomic E-state index is -3.86. The second-order valence-corrected chi connectivity index (χ2v) is 6.77. The molecule has 20 heavy (non-hydrogen) atoms. The zero-order valence-corrected chi connectivity index (χ0v) is 13.3. The summed E-state index contributed by atoms with van der Waals surface area (Å²) < 4.78 is 35.2. The molecule has 118 valence electrons. The van der Waals surface area contributed by atoms with Crippen LogP contribution in [0.15, 0.2) is 0 Å². The quantitative estimate of drug-likeness (QED) is 0.322. The first-order valence-electron chi connectivity index (χ1n) is 7.47. The second-order valence-electron chi connectivity index (χ2n) is 5.20. The molecular formula is C14H31NaO4S. The number of hydrogen-bond donors (Lipinski definition) is 1. The van der Waals surface area contributed by atoms with Crippen molar-refractivity contribution in [1.82, 2.24) is 0 Å². The Hall–Kier alpha value is 0.870. The van der Waals surface area contributed by atoms with Gasteiger partial charge in [0.15, 0.2) is 0 Å². The van der Waals surface area contributed by atoms with Crippen molar-refractivity contribution >= 4 is 39.7 Å².